The molecular formula is C11H8Cl2N2O2. The van der Waals surface area contributed by atoms with Crippen LogP contribution in [0.2, 0.25) is 10.0 Å². The number of anilines is 1. The third-order valence-electron chi connectivity index (χ3n) is 1.99. The number of hydrogen-bond donors (Lipinski definition) is 1. The fourth-order valence-corrected chi connectivity index (χ4v) is 1.57. The number of carbonyl (C=O) groups excluding carboxylic acids is 1. The van der Waals surface area contributed by atoms with Crippen molar-refractivity contribution in [2.24, 2.45) is 0 Å². The average Bonchev–Trinajstić information content (AvgIpc) is 2.70. The average molecular weight is 271 g/mol. The summed E-state index contributed by atoms with van der Waals surface area (Å²) in [6.45, 7) is 1.70. The summed E-state index contributed by atoms with van der Waals surface area (Å²) in [6.07, 6.45) is 1.47. The molecule has 4 nitrogen and oxygen atoms in total. The summed E-state index contributed by atoms with van der Waals surface area (Å²) in [5.74, 6) is 0.0770. The molecule has 0 radical (unpaired) electrons. The van der Waals surface area contributed by atoms with Crippen LogP contribution in [0.4, 0.5) is 5.69 Å². The second-order valence-electron chi connectivity index (χ2n) is 3.35. The Morgan fingerprint density at radius 1 is 1.41 bits per heavy atom. The predicted octanol–water partition coefficient (Wildman–Crippen LogP) is 3.54. The van der Waals surface area contributed by atoms with Crippen LogP contribution in [0.15, 0.2) is 28.8 Å². The highest BCUT2D eigenvalue weighted by Crippen LogP contribution is 2.25. The van der Waals surface area contributed by atoms with E-state index in [1.807, 2.05) is 0 Å². The summed E-state index contributed by atoms with van der Waals surface area (Å²) in [7, 11) is 0. The van der Waals surface area contributed by atoms with E-state index in [0.717, 1.165) is 0 Å². The molecule has 6 heteroatoms. The summed E-state index contributed by atoms with van der Waals surface area (Å²) in [5, 5.41) is 3.44. The molecule has 0 atom stereocenters. The molecule has 1 aromatic heterocycles. The van der Waals surface area contributed by atoms with Gasteiger partial charge in [-0.15, -0.1) is 0 Å². The highest BCUT2D eigenvalue weighted by atomic mass is 35.5. The number of aryl methyl sites for hydroxylation is 1. The van der Waals surface area contributed by atoms with Crippen LogP contribution in [0.3, 0.4) is 0 Å². The second kappa shape index (κ2) is 4.77. The molecule has 0 aliphatic rings. The quantitative estimate of drug-likeness (QED) is 0.908. The van der Waals surface area contributed by atoms with E-state index < -0.39 is 5.91 Å². The zero-order valence-corrected chi connectivity index (χ0v) is 10.3. The minimum atomic E-state index is -0.470. The Bertz CT molecular complexity index is 566. The van der Waals surface area contributed by atoms with Crippen molar-refractivity contribution in [3.05, 3.63) is 46.1 Å². The minimum Gasteiger partial charge on any atom is -0.438 e. The Morgan fingerprint density at radius 3 is 2.82 bits per heavy atom. The molecule has 17 heavy (non-hydrogen) atoms. The summed E-state index contributed by atoms with van der Waals surface area (Å²) < 4.78 is 5.09. The number of oxazole rings is 1. The molecular weight excluding hydrogens is 263 g/mol. The zero-order valence-electron chi connectivity index (χ0n) is 8.83. The molecule has 1 heterocycles. The van der Waals surface area contributed by atoms with Crippen molar-refractivity contribution in [1.29, 1.82) is 0 Å². The molecule has 0 aliphatic carbocycles. The third-order valence-corrected chi connectivity index (χ3v) is 2.56. The number of benzene rings is 1. The minimum absolute atomic E-state index is 0.0152. The van der Waals surface area contributed by atoms with Crippen LogP contribution >= 0.6 is 23.2 Å². The van der Waals surface area contributed by atoms with Gasteiger partial charge in [-0.05, 0) is 25.1 Å². The predicted molar refractivity (Wildman–Crippen MR) is 65.7 cm³/mol. The van der Waals surface area contributed by atoms with Gasteiger partial charge in [-0.3, -0.25) is 4.79 Å². The van der Waals surface area contributed by atoms with Crippen molar-refractivity contribution in [2.75, 3.05) is 5.32 Å². The van der Waals surface area contributed by atoms with E-state index in [0.29, 0.717) is 21.5 Å². The van der Waals surface area contributed by atoms with Gasteiger partial charge in [-0.1, -0.05) is 23.2 Å². The van der Waals surface area contributed by atoms with Crippen molar-refractivity contribution < 1.29 is 9.21 Å². The van der Waals surface area contributed by atoms with Gasteiger partial charge in [0.25, 0.3) is 5.89 Å². The van der Waals surface area contributed by atoms with E-state index in [4.69, 9.17) is 27.6 Å². The van der Waals surface area contributed by atoms with Crippen LogP contribution in [-0.2, 0) is 0 Å². The van der Waals surface area contributed by atoms with Gasteiger partial charge in [0, 0.05) is 5.02 Å². The number of aromatic nitrogens is 1. The normalized spacial score (nSPS) is 10.3. The van der Waals surface area contributed by atoms with Gasteiger partial charge in [0.05, 0.1) is 16.9 Å². The van der Waals surface area contributed by atoms with Crippen molar-refractivity contribution in [2.45, 2.75) is 6.92 Å². The van der Waals surface area contributed by atoms with Gasteiger partial charge in [-0.25, -0.2) is 4.98 Å². The number of carbonyl (C=O) groups is 1. The molecule has 2 rings (SSSR count). The molecule has 0 fully saturated rings. The molecule has 0 spiro atoms. The lowest BCUT2D eigenvalue weighted by Crippen LogP contribution is -2.12. The van der Waals surface area contributed by atoms with Crippen LogP contribution in [-0.4, -0.2) is 10.9 Å². The number of nitrogens with one attached hydrogen (secondary N) is 1. The molecule has 0 saturated carbocycles. The van der Waals surface area contributed by atoms with E-state index in [1.54, 1.807) is 25.1 Å². The van der Waals surface area contributed by atoms with Crippen LogP contribution in [0.1, 0.15) is 16.4 Å². The van der Waals surface area contributed by atoms with Crippen LogP contribution in [0.5, 0.6) is 0 Å². The molecule has 0 aliphatic heterocycles. The molecule has 1 amide bonds. The molecule has 2 aromatic rings. The maximum absolute atomic E-state index is 11.7. The Kier molecular flexibility index (Phi) is 3.36. The number of hydrogen-bond acceptors (Lipinski definition) is 3. The fraction of sp³-hybridized carbons (Fsp3) is 0.0909. The summed E-state index contributed by atoms with van der Waals surface area (Å²) in [6, 6.07) is 4.78. The zero-order chi connectivity index (χ0) is 12.4. The lowest BCUT2D eigenvalue weighted by Gasteiger charge is -2.05. The van der Waals surface area contributed by atoms with Gasteiger partial charge >= 0.3 is 5.91 Å². The smallest absolute Gasteiger partial charge is 0.311 e. The molecule has 1 aromatic carbocycles. The fourth-order valence-electron chi connectivity index (χ4n) is 1.23. The maximum Gasteiger partial charge on any atom is 0.311 e. The Labute approximate surface area is 108 Å². The van der Waals surface area contributed by atoms with E-state index in [2.05, 4.69) is 10.3 Å². The number of nitrogens with zero attached hydrogens (tertiary/aromatic N) is 1. The number of rotatable bonds is 2. The van der Waals surface area contributed by atoms with E-state index in [1.165, 1.54) is 6.20 Å². The summed E-state index contributed by atoms with van der Waals surface area (Å²) in [5.41, 5.74) is 0.417. The van der Waals surface area contributed by atoms with Crippen LogP contribution < -0.4 is 5.32 Å². The molecule has 88 valence electrons. The second-order valence-corrected chi connectivity index (χ2v) is 4.20. The van der Waals surface area contributed by atoms with Crippen LogP contribution in [0, 0.1) is 6.92 Å². The largest absolute Gasteiger partial charge is 0.438 e. The summed E-state index contributed by atoms with van der Waals surface area (Å²) in [4.78, 5) is 15.5. The Balaban J connectivity index is 2.21. The first-order valence-corrected chi connectivity index (χ1v) is 5.50. The highest BCUT2D eigenvalue weighted by Gasteiger charge is 2.13. The van der Waals surface area contributed by atoms with Crippen molar-refractivity contribution >= 4 is 34.8 Å². The first-order chi connectivity index (χ1) is 8.06. The lowest BCUT2D eigenvalue weighted by atomic mass is 10.3. The van der Waals surface area contributed by atoms with E-state index >= 15 is 0 Å². The van der Waals surface area contributed by atoms with E-state index in [-0.39, 0.29) is 5.89 Å². The first kappa shape index (κ1) is 12.0. The molecule has 0 unspecified atom stereocenters. The Hall–Kier alpha value is -1.52. The topological polar surface area (TPSA) is 55.1 Å². The highest BCUT2D eigenvalue weighted by molar-refractivity contribution is 6.35. The van der Waals surface area contributed by atoms with Gasteiger partial charge in [0.2, 0.25) is 0 Å². The molecule has 0 saturated heterocycles. The lowest BCUT2D eigenvalue weighted by molar-refractivity contribution is 0.0989. The van der Waals surface area contributed by atoms with Gasteiger partial charge in [-0.2, -0.15) is 0 Å². The standard InChI is InChI=1S/C11H8Cl2N2O2/c1-6-5-14-11(17-6)10(16)15-9-4-7(12)2-3-8(9)13/h2-5H,1H3,(H,15,16). The monoisotopic (exact) mass is 270 g/mol. The first-order valence-electron chi connectivity index (χ1n) is 4.75. The van der Waals surface area contributed by atoms with Crippen molar-refractivity contribution in [3.8, 4) is 0 Å². The number of halogens is 2. The Morgan fingerprint density at radius 2 is 2.18 bits per heavy atom. The third kappa shape index (κ3) is 2.78. The van der Waals surface area contributed by atoms with Crippen molar-refractivity contribution in [3.63, 3.8) is 0 Å². The number of amides is 1. The molecule has 0 bridgehead atoms. The molecule has 1 N–H and O–H groups in total. The maximum atomic E-state index is 11.7. The van der Waals surface area contributed by atoms with E-state index in [9.17, 15) is 4.79 Å². The summed E-state index contributed by atoms with van der Waals surface area (Å²) >= 11 is 11.7. The van der Waals surface area contributed by atoms with Gasteiger partial charge in [0.1, 0.15) is 5.76 Å². The van der Waals surface area contributed by atoms with Gasteiger partial charge in [0.15, 0.2) is 0 Å². The van der Waals surface area contributed by atoms with Crippen molar-refractivity contribution in [1.82, 2.24) is 4.98 Å². The van der Waals surface area contributed by atoms with Gasteiger partial charge < -0.3 is 9.73 Å². The SMILES string of the molecule is Cc1cnc(C(=O)Nc2cc(Cl)ccc2Cl)o1. The van der Waals surface area contributed by atoms with Crippen LogP contribution in [0.25, 0.3) is 0 Å².